The summed E-state index contributed by atoms with van der Waals surface area (Å²) in [5, 5.41) is 8.69. The molecule has 1 N–H and O–H groups in total. The van der Waals surface area contributed by atoms with E-state index >= 15 is 0 Å². The molecule has 1 unspecified atom stereocenters. The van der Waals surface area contributed by atoms with Gasteiger partial charge in [0, 0.05) is 31.3 Å². The third-order valence-electron chi connectivity index (χ3n) is 2.96. The Balaban J connectivity index is 1.86. The van der Waals surface area contributed by atoms with Gasteiger partial charge in [-0.15, -0.1) is 0 Å². The van der Waals surface area contributed by atoms with Gasteiger partial charge in [0.25, 0.3) is 0 Å². The van der Waals surface area contributed by atoms with Crippen LogP contribution in [0.3, 0.4) is 0 Å². The molecule has 0 saturated carbocycles. The highest BCUT2D eigenvalue weighted by molar-refractivity contribution is 5.36. The fourth-order valence-electron chi connectivity index (χ4n) is 1.94. The summed E-state index contributed by atoms with van der Waals surface area (Å²) in [6.07, 6.45) is 3.91. The molecule has 1 aliphatic heterocycles. The lowest BCUT2D eigenvalue weighted by atomic mass is 10.2. The minimum Gasteiger partial charge on any atom is -0.489 e. The molecule has 5 nitrogen and oxygen atoms in total. The van der Waals surface area contributed by atoms with Gasteiger partial charge < -0.3 is 19.5 Å². The lowest BCUT2D eigenvalue weighted by Crippen LogP contribution is -2.42. The minimum absolute atomic E-state index is 0.0726. The molecule has 0 radical (unpaired) electrons. The smallest absolute Gasteiger partial charge is 0.138 e. The van der Waals surface area contributed by atoms with Crippen molar-refractivity contribution in [2.24, 2.45) is 0 Å². The molecule has 0 aliphatic carbocycles. The number of hydrogen-bond acceptors (Lipinski definition) is 5. The average molecular weight is 276 g/mol. The van der Waals surface area contributed by atoms with Gasteiger partial charge in [0.2, 0.25) is 0 Å². The summed E-state index contributed by atoms with van der Waals surface area (Å²) in [6, 6.07) is 1.85. The summed E-state index contributed by atoms with van der Waals surface area (Å²) >= 11 is 0. The second-order valence-corrected chi connectivity index (χ2v) is 4.75. The molecule has 2 heterocycles. The van der Waals surface area contributed by atoms with Crippen molar-refractivity contribution >= 4 is 0 Å². The van der Waals surface area contributed by atoms with Crippen molar-refractivity contribution in [1.82, 2.24) is 9.88 Å². The first-order chi connectivity index (χ1) is 9.78. The molecule has 1 fully saturated rings. The summed E-state index contributed by atoms with van der Waals surface area (Å²) in [5.74, 6) is 6.49. The highest BCUT2D eigenvalue weighted by Crippen LogP contribution is 2.12. The van der Waals surface area contributed by atoms with Crippen LogP contribution in [-0.2, 0) is 4.74 Å². The van der Waals surface area contributed by atoms with Crippen LogP contribution >= 0.6 is 0 Å². The van der Waals surface area contributed by atoms with Gasteiger partial charge in [0.15, 0.2) is 0 Å². The van der Waals surface area contributed by atoms with Gasteiger partial charge >= 0.3 is 0 Å². The molecule has 1 saturated heterocycles. The van der Waals surface area contributed by atoms with Gasteiger partial charge in [0.1, 0.15) is 18.5 Å². The second kappa shape index (κ2) is 7.85. The van der Waals surface area contributed by atoms with E-state index in [-0.39, 0.29) is 12.7 Å². The SMILES string of the molecule is CN1CCOC(COc2cncc(C#CCCO)c2)C1. The average Bonchev–Trinajstić information content (AvgIpc) is 2.46. The minimum atomic E-state index is 0.0726. The van der Waals surface area contributed by atoms with Crippen molar-refractivity contribution in [3.05, 3.63) is 24.0 Å². The zero-order chi connectivity index (χ0) is 14.2. The van der Waals surface area contributed by atoms with Gasteiger partial charge in [-0.3, -0.25) is 4.98 Å². The Hall–Kier alpha value is -1.61. The first kappa shape index (κ1) is 14.8. The number of ether oxygens (including phenoxy) is 2. The molecule has 1 aliphatic rings. The van der Waals surface area contributed by atoms with Crippen molar-refractivity contribution in [2.75, 3.05) is 40.0 Å². The molecule has 20 heavy (non-hydrogen) atoms. The lowest BCUT2D eigenvalue weighted by Gasteiger charge is -2.29. The van der Waals surface area contributed by atoms with Gasteiger partial charge in [-0.2, -0.15) is 0 Å². The summed E-state index contributed by atoms with van der Waals surface area (Å²) in [4.78, 5) is 6.33. The van der Waals surface area contributed by atoms with Crippen LogP contribution in [-0.4, -0.2) is 61.1 Å². The zero-order valence-electron chi connectivity index (χ0n) is 11.7. The molecule has 2 rings (SSSR count). The van der Waals surface area contributed by atoms with Gasteiger partial charge in [-0.05, 0) is 13.1 Å². The maximum Gasteiger partial charge on any atom is 0.138 e. The summed E-state index contributed by atoms with van der Waals surface area (Å²) in [6.45, 7) is 3.18. The lowest BCUT2D eigenvalue weighted by molar-refractivity contribution is -0.0404. The van der Waals surface area contributed by atoms with Gasteiger partial charge in [-0.25, -0.2) is 0 Å². The number of pyridine rings is 1. The highest BCUT2D eigenvalue weighted by atomic mass is 16.5. The topological polar surface area (TPSA) is 54.8 Å². The predicted molar refractivity (Wildman–Crippen MR) is 75.5 cm³/mol. The maximum absolute atomic E-state index is 8.69. The second-order valence-electron chi connectivity index (χ2n) is 4.75. The molecule has 1 aromatic rings. The number of aromatic nitrogens is 1. The van der Waals surface area contributed by atoms with E-state index in [0.29, 0.717) is 18.8 Å². The Labute approximate surface area is 119 Å². The van der Waals surface area contributed by atoms with Crippen molar-refractivity contribution in [3.8, 4) is 17.6 Å². The van der Waals surface area contributed by atoms with Crippen LogP contribution in [0.2, 0.25) is 0 Å². The van der Waals surface area contributed by atoms with Crippen molar-refractivity contribution in [1.29, 1.82) is 0 Å². The van der Waals surface area contributed by atoms with Crippen LogP contribution in [0.25, 0.3) is 0 Å². The normalized spacial score (nSPS) is 19.2. The number of hydrogen-bond donors (Lipinski definition) is 1. The Kier molecular flexibility index (Phi) is 5.81. The van der Waals surface area contributed by atoms with Gasteiger partial charge in [-0.1, -0.05) is 11.8 Å². The van der Waals surface area contributed by atoms with Crippen LogP contribution in [0, 0.1) is 11.8 Å². The molecular formula is C15H20N2O3. The number of nitrogens with zero attached hydrogens (tertiary/aromatic N) is 2. The van der Waals surface area contributed by atoms with E-state index in [2.05, 4.69) is 28.8 Å². The highest BCUT2D eigenvalue weighted by Gasteiger charge is 2.18. The van der Waals surface area contributed by atoms with E-state index in [1.165, 1.54) is 0 Å². The molecular weight excluding hydrogens is 256 g/mol. The largest absolute Gasteiger partial charge is 0.489 e. The summed E-state index contributed by atoms with van der Waals surface area (Å²) < 4.78 is 11.3. The van der Waals surface area contributed by atoms with Crippen LogP contribution in [0.5, 0.6) is 5.75 Å². The number of aliphatic hydroxyl groups is 1. The van der Waals surface area contributed by atoms with E-state index in [0.717, 1.165) is 25.3 Å². The monoisotopic (exact) mass is 276 g/mol. The fraction of sp³-hybridized carbons (Fsp3) is 0.533. The van der Waals surface area contributed by atoms with E-state index in [1.54, 1.807) is 12.4 Å². The summed E-state index contributed by atoms with van der Waals surface area (Å²) in [5.41, 5.74) is 0.789. The molecule has 1 aromatic heterocycles. The standard InChI is InChI=1S/C15H20N2O3/c1-17-5-7-19-15(11-17)12-20-14-8-13(9-16-10-14)4-2-3-6-18/h8-10,15,18H,3,5-7,11-12H2,1H3. The van der Waals surface area contributed by atoms with Crippen LogP contribution in [0.4, 0.5) is 0 Å². The number of likely N-dealkylation sites (N-methyl/N-ethyl adjacent to an activating group) is 1. The van der Waals surface area contributed by atoms with Gasteiger partial charge in [0.05, 0.1) is 19.4 Å². The molecule has 5 heteroatoms. The maximum atomic E-state index is 8.69. The van der Waals surface area contributed by atoms with E-state index in [1.807, 2.05) is 6.07 Å². The molecule has 0 aromatic carbocycles. The summed E-state index contributed by atoms with van der Waals surface area (Å²) in [7, 11) is 2.08. The Morgan fingerprint density at radius 3 is 3.25 bits per heavy atom. The van der Waals surface area contributed by atoms with Crippen molar-refractivity contribution in [3.63, 3.8) is 0 Å². The Morgan fingerprint density at radius 1 is 1.55 bits per heavy atom. The predicted octanol–water partition coefficient (Wildman–Crippen LogP) is 0.525. The Bertz CT molecular complexity index is 481. The van der Waals surface area contributed by atoms with Crippen LogP contribution in [0.15, 0.2) is 18.5 Å². The first-order valence-corrected chi connectivity index (χ1v) is 6.75. The number of rotatable bonds is 4. The van der Waals surface area contributed by atoms with Crippen LogP contribution < -0.4 is 4.74 Å². The van der Waals surface area contributed by atoms with Crippen LogP contribution in [0.1, 0.15) is 12.0 Å². The third-order valence-corrected chi connectivity index (χ3v) is 2.96. The van der Waals surface area contributed by atoms with Crippen molar-refractivity contribution in [2.45, 2.75) is 12.5 Å². The Morgan fingerprint density at radius 2 is 2.45 bits per heavy atom. The third kappa shape index (κ3) is 4.82. The van der Waals surface area contributed by atoms with E-state index in [9.17, 15) is 0 Å². The molecule has 0 amide bonds. The number of morpholine rings is 1. The molecule has 0 spiro atoms. The zero-order valence-corrected chi connectivity index (χ0v) is 11.7. The van der Waals surface area contributed by atoms with E-state index in [4.69, 9.17) is 14.6 Å². The molecule has 0 bridgehead atoms. The first-order valence-electron chi connectivity index (χ1n) is 6.75. The fourth-order valence-corrected chi connectivity index (χ4v) is 1.94. The molecule has 108 valence electrons. The quantitative estimate of drug-likeness (QED) is 0.813. The molecule has 1 atom stereocenters. The van der Waals surface area contributed by atoms with Crippen molar-refractivity contribution < 1.29 is 14.6 Å². The van der Waals surface area contributed by atoms with E-state index < -0.39 is 0 Å². The number of aliphatic hydroxyl groups excluding tert-OH is 1.